The molecule has 0 radical (unpaired) electrons. The van der Waals surface area contributed by atoms with Gasteiger partial charge in [0.05, 0.1) is 23.6 Å². The van der Waals surface area contributed by atoms with Crippen LogP contribution in [0.3, 0.4) is 0 Å². The third kappa shape index (κ3) is 4.64. The van der Waals surface area contributed by atoms with Crippen LogP contribution in [0.1, 0.15) is 17.1 Å². The minimum absolute atomic E-state index is 0.836. The summed E-state index contributed by atoms with van der Waals surface area (Å²) in [6, 6.07) is 25.1. The fourth-order valence-electron chi connectivity index (χ4n) is 4.33. The molecule has 0 saturated carbocycles. The summed E-state index contributed by atoms with van der Waals surface area (Å²) < 4.78 is 0. The van der Waals surface area contributed by atoms with Crippen LogP contribution in [0.2, 0.25) is 0 Å². The van der Waals surface area contributed by atoms with Crippen molar-refractivity contribution in [1.29, 1.82) is 0 Å². The van der Waals surface area contributed by atoms with Gasteiger partial charge in [0.2, 0.25) is 0 Å². The van der Waals surface area contributed by atoms with Crippen molar-refractivity contribution in [2.45, 2.75) is 20.0 Å². The second-order valence-electron chi connectivity index (χ2n) is 8.46. The van der Waals surface area contributed by atoms with Crippen molar-refractivity contribution >= 4 is 0 Å². The molecule has 0 bridgehead atoms. The summed E-state index contributed by atoms with van der Waals surface area (Å²) in [6.07, 6.45) is 1.89. The molecule has 1 aliphatic rings. The lowest BCUT2D eigenvalue weighted by Gasteiger charge is -2.34. The number of rotatable bonds is 6. The number of H-pyrrole nitrogens is 1. The van der Waals surface area contributed by atoms with Gasteiger partial charge in [-0.15, -0.1) is 0 Å². The summed E-state index contributed by atoms with van der Waals surface area (Å²) in [4.78, 5) is 18.2. The highest BCUT2D eigenvalue weighted by Crippen LogP contribution is 2.30. The normalized spacial score (nSPS) is 15.2. The van der Waals surface area contributed by atoms with Crippen LogP contribution >= 0.6 is 0 Å². The third-order valence-corrected chi connectivity index (χ3v) is 6.19. The molecule has 1 aliphatic heterocycles. The van der Waals surface area contributed by atoms with Gasteiger partial charge in [0, 0.05) is 50.0 Å². The van der Waals surface area contributed by atoms with E-state index >= 15 is 0 Å². The lowest BCUT2D eigenvalue weighted by molar-refractivity contribution is 0.119. The summed E-state index contributed by atoms with van der Waals surface area (Å²) in [5, 5.41) is 0. The van der Waals surface area contributed by atoms with Gasteiger partial charge in [-0.3, -0.25) is 14.8 Å². The molecule has 4 aromatic rings. The molecule has 32 heavy (non-hydrogen) atoms. The van der Waals surface area contributed by atoms with E-state index in [1.54, 1.807) is 0 Å². The highest BCUT2D eigenvalue weighted by molar-refractivity contribution is 5.78. The fourth-order valence-corrected chi connectivity index (χ4v) is 4.33. The molecule has 162 valence electrons. The van der Waals surface area contributed by atoms with Crippen molar-refractivity contribution in [3.8, 4) is 22.5 Å². The topological polar surface area (TPSA) is 48.1 Å². The van der Waals surface area contributed by atoms with Gasteiger partial charge in [-0.1, -0.05) is 66.7 Å². The Hall–Kier alpha value is -3.28. The number of benzene rings is 2. The quantitative estimate of drug-likeness (QED) is 0.486. The van der Waals surface area contributed by atoms with E-state index < -0.39 is 0 Å². The Kier molecular flexibility index (Phi) is 6.10. The van der Waals surface area contributed by atoms with E-state index in [2.05, 4.69) is 87.4 Å². The Morgan fingerprint density at radius 1 is 0.750 bits per heavy atom. The Morgan fingerprint density at radius 3 is 2.03 bits per heavy atom. The smallest absolute Gasteiger partial charge is 0.121 e. The van der Waals surface area contributed by atoms with Crippen molar-refractivity contribution in [2.75, 3.05) is 26.2 Å². The van der Waals surface area contributed by atoms with Crippen molar-refractivity contribution in [2.24, 2.45) is 0 Å². The largest absolute Gasteiger partial charge is 0.340 e. The van der Waals surface area contributed by atoms with Gasteiger partial charge >= 0.3 is 0 Å². The fraction of sp³-hybridized carbons (Fsp3) is 0.259. The zero-order valence-electron chi connectivity index (χ0n) is 18.5. The van der Waals surface area contributed by atoms with Crippen molar-refractivity contribution in [3.63, 3.8) is 0 Å². The van der Waals surface area contributed by atoms with Gasteiger partial charge in [-0.25, -0.2) is 4.98 Å². The minimum Gasteiger partial charge on any atom is -0.340 e. The van der Waals surface area contributed by atoms with Crippen molar-refractivity contribution in [3.05, 3.63) is 96.1 Å². The predicted octanol–water partition coefficient (Wildman–Crippen LogP) is 4.76. The SMILES string of the molecule is Cc1cccnc1CN1CCN(Cc2nc(-c3ccccc3)c(-c3ccccc3)[nH]2)CC1. The number of hydrogen-bond acceptors (Lipinski definition) is 4. The molecule has 0 atom stereocenters. The molecule has 1 fully saturated rings. The van der Waals surface area contributed by atoms with Gasteiger partial charge in [0.1, 0.15) is 5.82 Å². The van der Waals surface area contributed by atoms with Gasteiger partial charge in [0.25, 0.3) is 0 Å². The molecule has 5 nitrogen and oxygen atoms in total. The molecule has 5 rings (SSSR count). The van der Waals surface area contributed by atoms with E-state index in [9.17, 15) is 0 Å². The molecule has 1 saturated heterocycles. The Labute approximate surface area is 189 Å². The van der Waals surface area contributed by atoms with E-state index in [-0.39, 0.29) is 0 Å². The molecular weight excluding hydrogens is 394 g/mol. The molecular formula is C27H29N5. The lowest BCUT2D eigenvalue weighted by atomic mass is 10.1. The predicted molar refractivity (Wildman–Crippen MR) is 129 cm³/mol. The van der Waals surface area contributed by atoms with Gasteiger partial charge in [0.15, 0.2) is 0 Å². The summed E-state index contributed by atoms with van der Waals surface area (Å²) >= 11 is 0. The average Bonchev–Trinajstić information content (AvgIpc) is 3.27. The monoisotopic (exact) mass is 423 g/mol. The maximum absolute atomic E-state index is 5.03. The van der Waals surface area contributed by atoms with Crippen LogP contribution in [0.5, 0.6) is 0 Å². The molecule has 5 heteroatoms. The third-order valence-electron chi connectivity index (χ3n) is 6.19. The number of nitrogens with zero attached hydrogens (tertiary/aromatic N) is 4. The first kappa shape index (κ1) is 20.6. The summed E-state index contributed by atoms with van der Waals surface area (Å²) in [7, 11) is 0. The van der Waals surface area contributed by atoms with E-state index in [0.717, 1.165) is 62.0 Å². The molecule has 3 heterocycles. The first-order valence-corrected chi connectivity index (χ1v) is 11.3. The zero-order chi connectivity index (χ0) is 21.8. The number of pyridine rings is 1. The van der Waals surface area contributed by atoms with Crippen LogP contribution in [-0.4, -0.2) is 50.9 Å². The number of hydrogen-bond donors (Lipinski definition) is 1. The number of aryl methyl sites for hydroxylation is 1. The number of nitrogens with one attached hydrogen (secondary N) is 1. The number of imidazole rings is 1. The van der Waals surface area contributed by atoms with Crippen LogP contribution in [-0.2, 0) is 13.1 Å². The van der Waals surface area contributed by atoms with Crippen molar-refractivity contribution < 1.29 is 0 Å². The first-order valence-electron chi connectivity index (χ1n) is 11.3. The highest BCUT2D eigenvalue weighted by atomic mass is 15.3. The van der Waals surface area contributed by atoms with Crippen molar-refractivity contribution in [1.82, 2.24) is 24.8 Å². The first-order chi connectivity index (χ1) is 15.8. The van der Waals surface area contributed by atoms with Gasteiger partial charge in [-0.05, 0) is 18.6 Å². The molecule has 2 aromatic heterocycles. The van der Waals surface area contributed by atoms with Crippen LogP contribution in [0.15, 0.2) is 79.0 Å². The molecule has 0 aliphatic carbocycles. The maximum atomic E-state index is 5.03. The second kappa shape index (κ2) is 9.47. The van der Waals surface area contributed by atoms with Crippen LogP contribution < -0.4 is 0 Å². The van der Waals surface area contributed by atoms with E-state index in [0.29, 0.717) is 0 Å². The van der Waals surface area contributed by atoms with E-state index in [1.807, 2.05) is 18.3 Å². The number of aromatic amines is 1. The standard InChI is InChI=1S/C27H29N5/c1-21-9-8-14-28-24(21)19-31-15-17-32(18-16-31)20-25-29-26(22-10-4-2-5-11-22)27(30-25)23-12-6-3-7-13-23/h2-14H,15-20H2,1H3,(H,29,30). The van der Waals surface area contributed by atoms with Crippen LogP contribution in [0, 0.1) is 6.92 Å². The molecule has 1 N–H and O–H groups in total. The Bertz CT molecular complexity index is 1090. The Balaban J connectivity index is 1.29. The number of aromatic nitrogens is 3. The second-order valence-corrected chi connectivity index (χ2v) is 8.46. The Morgan fingerprint density at radius 2 is 1.38 bits per heavy atom. The molecule has 2 aromatic carbocycles. The summed E-state index contributed by atoms with van der Waals surface area (Å²) in [6.45, 7) is 8.08. The molecule has 0 unspecified atom stereocenters. The maximum Gasteiger partial charge on any atom is 0.121 e. The number of piperazine rings is 1. The molecule has 0 spiro atoms. The van der Waals surface area contributed by atoms with Crippen LogP contribution in [0.25, 0.3) is 22.5 Å². The highest BCUT2D eigenvalue weighted by Gasteiger charge is 2.20. The van der Waals surface area contributed by atoms with E-state index in [4.69, 9.17) is 4.98 Å². The average molecular weight is 424 g/mol. The summed E-state index contributed by atoms with van der Waals surface area (Å²) in [5.41, 5.74) is 6.89. The zero-order valence-corrected chi connectivity index (χ0v) is 18.5. The van der Waals surface area contributed by atoms with Crippen LogP contribution in [0.4, 0.5) is 0 Å². The van der Waals surface area contributed by atoms with Gasteiger partial charge in [-0.2, -0.15) is 0 Å². The minimum atomic E-state index is 0.836. The summed E-state index contributed by atoms with van der Waals surface area (Å²) in [5.74, 6) is 1.02. The van der Waals surface area contributed by atoms with Gasteiger partial charge < -0.3 is 4.98 Å². The van der Waals surface area contributed by atoms with E-state index in [1.165, 1.54) is 16.8 Å². The lowest BCUT2D eigenvalue weighted by Crippen LogP contribution is -2.45. The molecule has 0 amide bonds.